The largest absolute Gasteiger partial charge is 0.326 e. The molecule has 170 valence electrons. The van der Waals surface area contributed by atoms with Crippen molar-refractivity contribution < 1.29 is 18.0 Å². The van der Waals surface area contributed by atoms with E-state index >= 15 is 0 Å². The summed E-state index contributed by atoms with van der Waals surface area (Å²) in [6, 6.07) is 13.1. The molecule has 1 aliphatic carbocycles. The van der Waals surface area contributed by atoms with E-state index in [1.807, 2.05) is 29.2 Å². The van der Waals surface area contributed by atoms with Crippen LogP contribution in [0.1, 0.15) is 36.8 Å². The fraction of sp³-hybridized carbons (Fsp3) is 0.417. The van der Waals surface area contributed by atoms with Crippen molar-refractivity contribution >= 4 is 38.9 Å². The molecule has 2 amide bonds. The van der Waals surface area contributed by atoms with Crippen molar-refractivity contribution in [2.45, 2.75) is 39.0 Å². The van der Waals surface area contributed by atoms with Crippen molar-refractivity contribution in [2.24, 2.45) is 11.8 Å². The molecule has 2 aliphatic rings. The number of para-hydroxylation sites is 1. The van der Waals surface area contributed by atoms with E-state index in [4.69, 9.17) is 0 Å². The molecule has 2 atom stereocenters. The zero-order chi connectivity index (χ0) is 22.9. The highest BCUT2D eigenvalue weighted by Crippen LogP contribution is 2.36. The summed E-state index contributed by atoms with van der Waals surface area (Å²) in [4.78, 5) is 28.5. The summed E-state index contributed by atoms with van der Waals surface area (Å²) in [5, 5.41) is 2.92. The lowest BCUT2D eigenvalue weighted by atomic mass is 9.77. The average molecular weight is 456 g/mol. The third-order valence-corrected chi connectivity index (χ3v) is 6.96. The van der Waals surface area contributed by atoms with Gasteiger partial charge in [0, 0.05) is 23.8 Å². The number of carbonyl (C=O) groups is 2. The van der Waals surface area contributed by atoms with E-state index in [2.05, 4.69) is 10.0 Å². The Morgan fingerprint density at radius 1 is 1.03 bits per heavy atom. The number of amides is 2. The number of hydrogen-bond donors (Lipinski definition) is 2. The van der Waals surface area contributed by atoms with Gasteiger partial charge in [0.1, 0.15) is 0 Å². The fourth-order valence-electron chi connectivity index (χ4n) is 4.75. The van der Waals surface area contributed by atoms with Gasteiger partial charge in [-0.05, 0) is 55.5 Å². The smallest absolute Gasteiger partial charge is 0.230 e. The fourth-order valence-corrected chi connectivity index (χ4v) is 5.37. The molecule has 0 radical (unpaired) electrons. The molecule has 2 N–H and O–H groups in total. The predicted molar refractivity (Wildman–Crippen MR) is 126 cm³/mol. The Morgan fingerprint density at radius 3 is 2.50 bits per heavy atom. The Labute approximate surface area is 189 Å². The first kappa shape index (κ1) is 22.3. The molecular weight excluding hydrogens is 426 g/mol. The van der Waals surface area contributed by atoms with Gasteiger partial charge in [-0.15, -0.1) is 0 Å². The van der Waals surface area contributed by atoms with Gasteiger partial charge in [-0.1, -0.05) is 37.1 Å². The van der Waals surface area contributed by atoms with Gasteiger partial charge < -0.3 is 10.2 Å². The maximum absolute atomic E-state index is 13.5. The van der Waals surface area contributed by atoms with Crippen LogP contribution in [0.2, 0.25) is 0 Å². The molecule has 2 unspecified atom stereocenters. The molecule has 4 rings (SSSR count). The molecule has 0 spiro atoms. The number of aryl methyl sites for hydroxylation is 1. The van der Waals surface area contributed by atoms with E-state index < -0.39 is 15.9 Å². The van der Waals surface area contributed by atoms with Gasteiger partial charge in [0.05, 0.1) is 17.9 Å². The third-order valence-electron chi connectivity index (χ3n) is 6.37. The van der Waals surface area contributed by atoms with E-state index in [1.165, 1.54) is 5.56 Å². The molecule has 0 saturated heterocycles. The minimum absolute atomic E-state index is 0.0261. The zero-order valence-electron chi connectivity index (χ0n) is 18.4. The van der Waals surface area contributed by atoms with Crippen molar-refractivity contribution in [1.82, 2.24) is 0 Å². The average Bonchev–Trinajstić information content (AvgIpc) is 3.19. The van der Waals surface area contributed by atoms with Crippen molar-refractivity contribution in [3.63, 3.8) is 0 Å². The van der Waals surface area contributed by atoms with Crippen molar-refractivity contribution in [3.05, 3.63) is 53.6 Å². The molecule has 32 heavy (non-hydrogen) atoms. The van der Waals surface area contributed by atoms with Crippen LogP contribution in [-0.4, -0.2) is 33.0 Å². The predicted octanol–water partition coefficient (Wildman–Crippen LogP) is 3.70. The lowest BCUT2D eigenvalue weighted by molar-refractivity contribution is -0.132. The van der Waals surface area contributed by atoms with Crippen LogP contribution in [0.3, 0.4) is 0 Å². The highest BCUT2D eigenvalue weighted by molar-refractivity contribution is 7.92. The summed E-state index contributed by atoms with van der Waals surface area (Å²) in [6.07, 6.45) is 5.13. The minimum atomic E-state index is -3.43. The topological polar surface area (TPSA) is 95.6 Å². The number of nitrogens with one attached hydrogen (secondary N) is 2. The van der Waals surface area contributed by atoms with Gasteiger partial charge in [-0.2, -0.15) is 0 Å². The highest BCUT2D eigenvalue weighted by Gasteiger charge is 2.39. The Morgan fingerprint density at radius 2 is 1.75 bits per heavy atom. The lowest BCUT2D eigenvalue weighted by Gasteiger charge is -2.32. The van der Waals surface area contributed by atoms with Crippen LogP contribution in [0.5, 0.6) is 0 Å². The Hall–Kier alpha value is -2.87. The van der Waals surface area contributed by atoms with E-state index in [0.29, 0.717) is 30.8 Å². The number of rotatable bonds is 5. The molecule has 0 aromatic heterocycles. The van der Waals surface area contributed by atoms with Crippen molar-refractivity contribution in [2.75, 3.05) is 27.7 Å². The molecule has 1 fully saturated rings. The van der Waals surface area contributed by atoms with E-state index in [-0.39, 0.29) is 17.7 Å². The van der Waals surface area contributed by atoms with Crippen LogP contribution in [0.25, 0.3) is 0 Å². The number of nitrogens with zero attached hydrogens (tertiary/aromatic N) is 1. The van der Waals surface area contributed by atoms with Gasteiger partial charge in [0.2, 0.25) is 21.8 Å². The Bertz CT molecular complexity index is 1150. The van der Waals surface area contributed by atoms with Gasteiger partial charge in [-0.25, -0.2) is 8.42 Å². The summed E-state index contributed by atoms with van der Waals surface area (Å²) in [5.41, 5.74) is 3.82. The number of fused-ring (bicyclic) bond motifs is 1. The maximum atomic E-state index is 13.5. The monoisotopic (exact) mass is 455 g/mol. The van der Waals surface area contributed by atoms with Crippen LogP contribution in [0.4, 0.5) is 17.1 Å². The van der Waals surface area contributed by atoms with Crippen molar-refractivity contribution in [3.8, 4) is 0 Å². The normalized spacial score (nSPS) is 20.5. The van der Waals surface area contributed by atoms with Gasteiger partial charge in [0.25, 0.3) is 0 Å². The SMILES string of the molecule is Cc1ccc(NC(=O)C2CCCCC2C(=O)N2CCc3ccccc32)cc1NS(C)(=O)=O. The second-order valence-corrected chi connectivity index (χ2v) is 10.5. The first-order chi connectivity index (χ1) is 15.2. The number of carbonyl (C=O) groups excluding carboxylic acids is 2. The minimum Gasteiger partial charge on any atom is -0.326 e. The van der Waals surface area contributed by atoms with Crippen LogP contribution < -0.4 is 14.9 Å². The quantitative estimate of drug-likeness (QED) is 0.719. The summed E-state index contributed by atoms with van der Waals surface area (Å²) in [5.74, 6) is -0.923. The summed E-state index contributed by atoms with van der Waals surface area (Å²) >= 11 is 0. The standard InChI is InChI=1S/C24H29N3O4S/c1-16-11-12-18(15-21(16)26-32(2,30)31)25-23(28)19-8-4-5-9-20(19)24(29)27-14-13-17-7-3-6-10-22(17)27/h3,6-7,10-12,15,19-20,26H,4-5,8-9,13-14H2,1-2H3,(H,25,28). The van der Waals surface area contributed by atoms with Crippen LogP contribution in [0.15, 0.2) is 42.5 Å². The molecule has 1 heterocycles. The van der Waals surface area contributed by atoms with Gasteiger partial charge >= 0.3 is 0 Å². The number of hydrogen-bond acceptors (Lipinski definition) is 4. The molecule has 0 bridgehead atoms. The highest BCUT2D eigenvalue weighted by atomic mass is 32.2. The number of benzene rings is 2. The maximum Gasteiger partial charge on any atom is 0.230 e. The van der Waals surface area contributed by atoms with Crippen LogP contribution in [-0.2, 0) is 26.0 Å². The zero-order valence-corrected chi connectivity index (χ0v) is 19.2. The Kier molecular flexibility index (Phi) is 6.24. The first-order valence-electron chi connectivity index (χ1n) is 11.0. The van der Waals surface area contributed by atoms with Crippen LogP contribution >= 0.6 is 0 Å². The number of anilines is 3. The second-order valence-electron chi connectivity index (χ2n) is 8.76. The van der Waals surface area contributed by atoms with Gasteiger partial charge in [-0.3, -0.25) is 14.3 Å². The Balaban J connectivity index is 1.51. The number of sulfonamides is 1. The molecule has 7 nitrogen and oxygen atoms in total. The van der Waals surface area contributed by atoms with E-state index in [9.17, 15) is 18.0 Å². The second kappa shape index (κ2) is 8.94. The molecule has 8 heteroatoms. The molecule has 1 aliphatic heterocycles. The lowest BCUT2D eigenvalue weighted by Crippen LogP contribution is -2.43. The summed E-state index contributed by atoms with van der Waals surface area (Å²) in [6.45, 7) is 2.45. The van der Waals surface area contributed by atoms with Crippen molar-refractivity contribution in [1.29, 1.82) is 0 Å². The summed E-state index contributed by atoms with van der Waals surface area (Å²) in [7, 11) is -3.43. The molecule has 1 saturated carbocycles. The van der Waals surface area contributed by atoms with E-state index in [1.54, 1.807) is 25.1 Å². The first-order valence-corrected chi connectivity index (χ1v) is 12.9. The van der Waals surface area contributed by atoms with Crippen LogP contribution in [0, 0.1) is 18.8 Å². The van der Waals surface area contributed by atoms with E-state index in [0.717, 1.165) is 36.8 Å². The molecule has 2 aromatic rings. The third kappa shape index (κ3) is 4.80. The molecular formula is C24H29N3O4S. The summed E-state index contributed by atoms with van der Waals surface area (Å²) < 4.78 is 25.7. The molecule has 2 aromatic carbocycles. The van der Waals surface area contributed by atoms with Gasteiger partial charge in [0.15, 0.2) is 0 Å².